The largest absolute Gasteiger partial charge is 0.324 e. The van der Waals surface area contributed by atoms with E-state index in [0.717, 1.165) is 52.9 Å². The third kappa shape index (κ3) is 3.81. The molecule has 132 valence electrons. The average molecular weight is 339 g/mol. The van der Waals surface area contributed by atoms with Crippen molar-refractivity contribution < 1.29 is 4.79 Å². The van der Waals surface area contributed by atoms with Crippen molar-refractivity contribution in [2.24, 2.45) is 5.92 Å². The molecule has 2 aromatic rings. The first-order valence-electron chi connectivity index (χ1n) is 8.81. The van der Waals surface area contributed by atoms with Gasteiger partial charge in [-0.3, -0.25) is 9.59 Å². The van der Waals surface area contributed by atoms with E-state index in [1.807, 2.05) is 32.9 Å². The highest BCUT2D eigenvalue weighted by Gasteiger charge is 2.19. The van der Waals surface area contributed by atoms with Crippen LogP contribution in [0.4, 0.5) is 5.69 Å². The molecule has 5 nitrogen and oxygen atoms in total. The zero-order valence-corrected chi connectivity index (χ0v) is 15.3. The van der Waals surface area contributed by atoms with Crippen molar-refractivity contribution in [3.8, 4) is 0 Å². The van der Waals surface area contributed by atoms with E-state index in [1.54, 1.807) is 6.07 Å². The Balaban J connectivity index is 1.79. The Morgan fingerprint density at radius 1 is 1.24 bits per heavy atom. The molecule has 0 radical (unpaired) electrons. The van der Waals surface area contributed by atoms with E-state index in [9.17, 15) is 9.59 Å². The van der Waals surface area contributed by atoms with Crippen LogP contribution in [-0.4, -0.2) is 15.7 Å². The van der Waals surface area contributed by atoms with Gasteiger partial charge in [0.2, 0.25) is 5.91 Å². The van der Waals surface area contributed by atoms with Crippen LogP contribution in [0.15, 0.2) is 23.0 Å². The molecule has 1 aromatic heterocycles. The lowest BCUT2D eigenvalue weighted by atomic mass is 9.88. The first-order chi connectivity index (χ1) is 11.8. The number of fused-ring (bicyclic) bond motifs is 1. The molecule has 1 N–H and O–H groups in total. The van der Waals surface area contributed by atoms with Crippen LogP contribution in [0.3, 0.4) is 0 Å². The second-order valence-electron chi connectivity index (χ2n) is 7.28. The number of benzene rings is 1. The Morgan fingerprint density at radius 3 is 2.60 bits per heavy atom. The maximum Gasteiger partial charge on any atom is 0.267 e. The second-order valence-corrected chi connectivity index (χ2v) is 7.28. The summed E-state index contributed by atoms with van der Waals surface area (Å²) in [5, 5.41) is 7.36. The zero-order chi connectivity index (χ0) is 18.1. The Hall–Kier alpha value is -2.43. The molecule has 1 amide bonds. The first kappa shape index (κ1) is 17.4. The van der Waals surface area contributed by atoms with Crippen LogP contribution in [0, 0.1) is 26.7 Å². The Kier molecular flexibility index (Phi) is 4.75. The standard InChI is InChI=1S/C20H25N3O2/c1-12-5-6-17-16(9-12)10-19(25)23(22-17)11-18(24)21-20-14(3)7-13(2)8-15(20)4/h7-8,10,12H,5-6,9,11H2,1-4H3,(H,21,24)/t12-/m0/s1. The van der Waals surface area contributed by atoms with Crippen LogP contribution in [0.2, 0.25) is 0 Å². The molecule has 5 heteroatoms. The molecule has 0 fully saturated rings. The van der Waals surface area contributed by atoms with Crippen molar-refractivity contribution in [1.29, 1.82) is 0 Å². The Labute approximate surface area is 148 Å². The maximum absolute atomic E-state index is 12.4. The van der Waals surface area contributed by atoms with E-state index < -0.39 is 0 Å². The van der Waals surface area contributed by atoms with Gasteiger partial charge in [-0.15, -0.1) is 0 Å². The third-order valence-corrected chi connectivity index (χ3v) is 4.84. The number of aromatic nitrogens is 2. The van der Waals surface area contributed by atoms with Crippen molar-refractivity contribution in [2.75, 3.05) is 5.32 Å². The van der Waals surface area contributed by atoms with Crippen molar-refractivity contribution in [2.45, 2.75) is 53.5 Å². The van der Waals surface area contributed by atoms with Gasteiger partial charge in [0.1, 0.15) is 6.54 Å². The molecule has 1 aromatic carbocycles. The summed E-state index contributed by atoms with van der Waals surface area (Å²) < 4.78 is 1.28. The minimum Gasteiger partial charge on any atom is -0.324 e. The topological polar surface area (TPSA) is 64.0 Å². The molecule has 1 aliphatic rings. The SMILES string of the molecule is Cc1cc(C)c(NC(=O)Cn2nc3c(cc2=O)C[C@@H](C)CC3)c(C)c1. The number of hydrogen-bond acceptors (Lipinski definition) is 3. The molecule has 0 spiro atoms. The third-order valence-electron chi connectivity index (χ3n) is 4.84. The van der Waals surface area contributed by atoms with Crippen LogP contribution < -0.4 is 10.9 Å². The molecule has 0 saturated carbocycles. The molecule has 1 aliphatic carbocycles. The summed E-state index contributed by atoms with van der Waals surface area (Å²) in [6, 6.07) is 5.72. The van der Waals surface area contributed by atoms with Crippen LogP contribution >= 0.6 is 0 Å². The van der Waals surface area contributed by atoms with Crippen LogP contribution in [0.5, 0.6) is 0 Å². The van der Waals surface area contributed by atoms with Gasteiger partial charge in [-0.2, -0.15) is 5.10 Å². The van der Waals surface area contributed by atoms with Crippen molar-refractivity contribution >= 4 is 11.6 Å². The van der Waals surface area contributed by atoms with Gasteiger partial charge >= 0.3 is 0 Å². The van der Waals surface area contributed by atoms with Crippen molar-refractivity contribution in [3.05, 3.63) is 56.5 Å². The molecular weight excluding hydrogens is 314 g/mol. The Morgan fingerprint density at radius 2 is 1.92 bits per heavy atom. The molecule has 25 heavy (non-hydrogen) atoms. The second kappa shape index (κ2) is 6.82. The minimum atomic E-state index is -0.228. The van der Waals surface area contributed by atoms with Gasteiger partial charge in [0, 0.05) is 11.8 Å². The van der Waals surface area contributed by atoms with Gasteiger partial charge in [0.25, 0.3) is 5.56 Å². The summed E-state index contributed by atoms with van der Waals surface area (Å²) in [6.45, 7) is 8.10. The number of amides is 1. The number of carbonyl (C=O) groups is 1. The lowest BCUT2D eigenvalue weighted by Crippen LogP contribution is -2.32. The first-order valence-corrected chi connectivity index (χ1v) is 8.81. The number of rotatable bonds is 3. The lowest BCUT2D eigenvalue weighted by molar-refractivity contribution is -0.117. The number of nitrogens with one attached hydrogen (secondary N) is 1. The molecular formula is C20H25N3O2. The van der Waals surface area contributed by atoms with E-state index in [-0.39, 0.29) is 18.0 Å². The van der Waals surface area contributed by atoms with Crippen LogP contribution in [0.1, 0.15) is 41.3 Å². The Bertz CT molecular complexity index is 860. The maximum atomic E-state index is 12.4. The van der Waals surface area contributed by atoms with E-state index in [1.165, 1.54) is 4.68 Å². The molecule has 1 atom stereocenters. The van der Waals surface area contributed by atoms with Gasteiger partial charge in [-0.05, 0) is 62.6 Å². The van der Waals surface area contributed by atoms with Crippen molar-refractivity contribution in [3.63, 3.8) is 0 Å². The predicted molar refractivity (Wildman–Crippen MR) is 99.0 cm³/mol. The number of carbonyl (C=O) groups excluding carboxylic acids is 1. The summed E-state index contributed by atoms with van der Waals surface area (Å²) in [6.07, 6.45) is 2.84. The van der Waals surface area contributed by atoms with Crippen LogP contribution in [-0.2, 0) is 24.2 Å². The van der Waals surface area contributed by atoms with E-state index >= 15 is 0 Å². The molecule has 3 rings (SSSR count). The number of anilines is 1. The molecule has 0 bridgehead atoms. The van der Waals surface area contributed by atoms with Crippen LogP contribution in [0.25, 0.3) is 0 Å². The monoisotopic (exact) mass is 339 g/mol. The van der Waals surface area contributed by atoms with E-state index in [2.05, 4.69) is 17.3 Å². The fourth-order valence-electron chi connectivity index (χ4n) is 3.62. The number of aryl methyl sites for hydroxylation is 4. The summed E-state index contributed by atoms with van der Waals surface area (Å²) in [5.74, 6) is 0.356. The molecule has 0 unspecified atom stereocenters. The number of nitrogens with zero attached hydrogens (tertiary/aromatic N) is 2. The zero-order valence-electron chi connectivity index (χ0n) is 15.3. The fraction of sp³-hybridized carbons (Fsp3) is 0.450. The predicted octanol–water partition coefficient (Wildman–Crippen LogP) is 2.93. The average Bonchev–Trinajstić information content (AvgIpc) is 2.52. The van der Waals surface area contributed by atoms with Gasteiger partial charge in [0.05, 0.1) is 5.69 Å². The van der Waals surface area contributed by atoms with Gasteiger partial charge in [-0.25, -0.2) is 4.68 Å². The molecule has 1 heterocycles. The minimum absolute atomic E-state index is 0.0611. The lowest BCUT2D eigenvalue weighted by Gasteiger charge is -2.21. The summed E-state index contributed by atoms with van der Waals surface area (Å²) in [7, 11) is 0. The fourth-order valence-corrected chi connectivity index (χ4v) is 3.62. The van der Waals surface area contributed by atoms with Gasteiger partial charge < -0.3 is 5.32 Å². The number of hydrogen-bond donors (Lipinski definition) is 1. The quantitative estimate of drug-likeness (QED) is 0.935. The highest BCUT2D eigenvalue weighted by atomic mass is 16.2. The summed E-state index contributed by atoms with van der Waals surface area (Å²) in [5.41, 5.74) is 5.79. The highest BCUT2D eigenvalue weighted by Crippen LogP contribution is 2.23. The summed E-state index contributed by atoms with van der Waals surface area (Å²) in [4.78, 5) is 24.7. The van der Waals surface area contributed by atoms with E-state index in [0.29, 0.717) is 5.92 Å². The highest BCUT2D eigenvalue weighted by molar-refractivity contribution is 5.92. The van der Waals surface area contributed by atoms with Gasteiger partial charge in [0.15, 0.2) is 0 Å². The van der Waals surface area contributed by atoms with E-state index in [4.69, 9.17) is 0 Å². The smallest absolute Gasteiger partial charge is 0.267 e. The molecule has 0 saturated heterocycles. The van der Waals surface area contributed by atoms with Crippen molar-refractivity contribution in [1.82, 2.24) is 9.78 Å². The normalized spacial score (nSPS) is 16.4. The molecule has 0 aliphatic heterocycles. The summed E-state index contributed by atoms with van der Waals surface area (Å²) >= 11 is 0. The van der Waals surface area contributed by atoms with Gasteiger partial charge in [-0.1, -0.05) is 24.6 Å².